The Labute approximate surface area is 97.7 Å². The van der Waals surface area contributed by atoms with Crippen LogP contribution >= 0.6 is 0 Å². The Morgan fingerprint density at radius 3 is 2.11 bits per heavy atom. The molecule has 9 heavy (non-hydrogen) atoms. The summed E-state index contributed by atoms with van der Waals surface area (Å²) in [5.74, 6) is 0. The van der Waals surface area contributed by atoms with E-state index in [1.54, 1.807) is 6.92 Å². The minimum absolute atomic E-state index is 0. The second-order valence-electron chi connectivity index (χ2n) is 1.27. The molecule has 0 amide bonds. The first kappa shape index (κ1) is 12.9. The van der Waals surface area contributed by atoms with Gasteiger partial charge in [-0.1, -0.05) is 13.0 Å². The van der Waals surface area contributed by atoms with Gasteiger partial charge < -0.3 is 4.55 Å². The Hall–Kier alpha value is 1.29. The van der Waals surface area contributed by atoms with Crippen LogP contribution in [0.25, 0.3) is 0 Å². The van der Waals surface area contributed by atoms with Gasteiger partial charge in [0.15, 0.2) is 0 Å². The van der Waals surface area contributed by atoms with Crippen molar-refractivity contribution in [2.45, 2.75) is 13.3 Å². The Kier molecular flexibility index (Phi) is 8.65. The zero-order valence-electron chi connectivity index (χ0n) is 5.49. The standard InChI is InChI=1S/C4H8O3S.K/c1-2-3-4-8(5,6)7;/h3-4H,2H2,1H3,(H,5,6,7);/q;+1/p-1. The number of allylic oxidation sites excluding steroid dienone is 1. The molecule has 0 rings (SSSR count). The SMILES string of the molecule is CCC=CS(=O)(=O)[O-].[K+]. The van der Waals surface area contributed by atoms with Crippen molar-refractivity contribution in [3.8, 4) is 0 Å². The smallest absolute Gasteiger partial charge is 0.744 e. The fourth-order valence-corrected chi connectivity index (χ4v) is 0.642. The summed E-state index contributed by atoms with van der Waals surface area (Å²) in [6.45, 7) is 1.75. The Bertz CT molecular complexity index is 170. The van der Waals surface area contributed by atoms with E-state index in [0.717, 1.165) is 0 Å². The van der Waals surface area contributed by atoms with Crippen LogP contribution in [0.5, 0.6) is 0 Å². The molecule has 0 aromatic carbocycles. The van der Waals surface area contributed by atoms with E-state index in [4.69, 9.17) is 0 Å². The second-order valence-corrected chi connectivity index (χ2v) is 2.53. The summed E-state index contributed by atoms with van der Waals surface area (Å²) < 4.78 is 29.2. The fraction of sp³-hybridized carbons (Fsp3) is 0.500. The third kappa shape index (κ3) is 12.5. The van der Waals surface area contributed by atoms with E-state index >= 15 is 0 Å². The molecule has 0 radical (unpaired) electrons. The van der Waals surface area contributed by atoms with Crippen molar-refractivity contribution in [1.82, 2.24) is 0 Å². The third-order valence-electron chi connectivity index (χ3n) is 0.499. The van der Waals surface area contributed by atoms with Gasteiger partial charge >= 0.3 is 51.4 Å². The molecule has 0 unspecified atom stereocenters. The van der Waals surface area contributed by atoms with Crippen LogP contribution in [0.1, 0.15) is 13.3 Å². The summed E-state index contributed by atoms with van der Waals surface area (Å²) in [5, 5.41) is 0.660. The molecule has 0 heterocycles. The molecule has 0 saturated carbocycles. The zero-order chi connectivity index (χ0) is 6.62. The molecule has 0 atom stereocenters. The number of hydrogen-bond acceptors (Lipinski definition) is 3. The van der Waals surface area contributed by atoms with Gasteiger partial charge in [-0.3, -0.25) is 0 Å². The van der Waals surface area contributed by atoms with Gasteiger partial charge in [-0.2, -0.15) is 0 Å². The summed E-state index contributed by atoms with van der Waals surface area (Å²) in [6.07, 6.45) is 1.88. The monoisotopic (exact) mass is 174 g/mol. The average molecular weight is 174 g/mol. The summed E-state index contributed by atoms with van der Waals surface area (Å²) in [4.78, 5) is 0. The van der Waals surface area contributed by atoms with Gasteiger partial charge in [0.2, 0.25) is 0 Å². The molecule has 48 valence electrons. The largest absolute Gasteiger partial charge is 1.00 e. The second kappa shape index (κ2) is 6.03. The molecule has 0 spiro atoms. The maximum absolute atomic E-state index is 9.75. The van der Waals surface area contributed by atoms with Crippen molar-refractivity contribution < 1.29 is 64.4 Å². The molecular weight excluding hydrogens is 167 g/mol. The molecule has 5 heteroatoms. The molecule has 3 nitrogen and oxygen atoms in total. The Morgan fingerprint density at radius 2 is 2.00 bits per heavy atom. The summed E-state index contributed by atoms with van der Waals surface area (Å²) >= 11 is 0. The predicted molar refractivity (Wildman–Crippen MR) is 29.1 cm³/mol. The van der Waals surface area contributed by atoms with Crippen LogP contribution in [0, 0.1) is 0 Å². The van der Waals surface area contributed by atoms with Crippen LogP contribution < -0.4 is 51.4 Å². The van der Waals surface area contributed by atoms with Crippen LogP contribution in [0.3, 0.4) is 0 Å². The van der Waals surface area contributed by atoms with E-state index in [2.05, 4.69) is 0 Å². The number of rotatable bonds is 2. The van der Waals surface area contributed by atoms with E-state index in [0.29, 0.717) is 11.8 Å². The van der Waals surface area contributed by atoms with E-state index in [1.165, 1.54) is 6.08 Å². The molecule has 0 aliphatic carbocycles. The first-order valence-corrected chi connectivity index (χ1v) is 3.66. The Balaban J connectivity index is 0. The quantitative estimate of drug-likeness (QED) is 0.342. The molecule has 0 aromatic heterocycles. The average Bonchev–Trinajstić information content (AvgIpc) is 1.59. The van der Waals surface area contributed by atoms with Crippen LogP contribution in [0.2, 0.25) is 0 Å². The molecule has 0 aliphatic rings. The maximum Gasteiger partial charge on any atom is 1.00 e. The molecule has 0 saturated heterocycles. The molecule has 0 aromatic rings. The van der Waals surface area contributed by atoms with Crippen LogP contribution in [0.4, 0.5) is 0 Å². The van der Waals surface area contributed by atoms with E-state index in [-0.39, 0.29) is 51.4 Å². The summed E-state index contributed by atoms with van der Waals surface area (Å²) in [7, 11) is -4.12. The van der Waals surface area contributed by atoms with Crippen molar-refractivity contribution in [3.05, 3.63) is 11.5 Å². The minimum atomic E-state index is -4.12. The van der Waals surface area contributed by atoms with E-state index < -0.39 is 10.1 Å². The van der Waals surface area contributed by atoms with Gasteiger partial charge in [0.25, 0.3) is 0 Å². The van der Waals surface area contributed by atoms with Crippen LogP contribution in [-0.2, 0) is 10.1 Å². The molecule has 0 aliphatic heterocycles. The van der Waals surface area contributed by atoms with Crippen molar-refractivity contribution in [2.24, 2.45) is 0 Å². The number of hydrogen-bond donors (Lipinski definition) is 0. The summed E-state index contributed by atoms with van der Waals surface area (Å²) in [5.41, 5.74) is 0. The van der Waals surface area contributed by atoms with Crippen LogP contribution in [0.15, 0.2) is 11.5 Å². The first-order chi connectivity index (χ1) is 3.56. The molecule has 0 N–H and O–H groups in total. The van der Waals surface area contributed by atoms with E-state index in [9.17, 15) is 13.0 Å². The van der Waals surface area contributed by atoms with Gasteiger partial charge in [-0.05, 0) is 6.42 Å². The third-order valence-corrected chi connectivity index (χ3v) is 1.02. The van der Waals surface area contributed by atoms with Gasteiger partial charge in [-0.15, -0.1) is 0 Å². The van der Waals surface area contributed by atoms with Crippen molar-refractivity contribution in [3.63, 3.8) is 0 Å². The maximum atomic E-state index is 9.75. The normalized spacial score (nSPS) is 11.3. The fourth-order valence-electron chi connectivity index (χ4n) is 0.214. The van der Waals surface area contributed by atoms with Crippen molar-refractivity contribution in [1.29, 1.82) is 0 Å². The molecular formula is C4H7KO3S. The molecule has 0 fully saturated rings. The topological polar surface area (TPSA) is 57.2 Å². The zero-order valence-corrected chi connectivity index (χ0v) is 9.43. The molecule has 0 bridgehead atoms. The van der Waals surface area contributed by atoms with Gasteiger partial charge in [0, 0.05) is 5.41 Å². The van der Waals surface area contributed by atoms with Crippen LogP contribution in [-0.4, -0.2) is 13.0 Å². The van der Waals surface area contributed by atoms with Gasteiger partial charge in [0.1, 0.15) is 10.1 Å². The van der Waals surface area contributed by atoms with Gasteiger partial charge in [-0.25, -0.2) is 8.42 Å². The van der Waals surface area contributed by atoms with Gasteiger partial charge in [0.05, 0.1) is 0 Å². The predicted octanol–water partition coefficient (Wildman–Crippen LogP) is -2.54. The Morgan fingerprint density at radius 1 is 1.56 bits per heavy atom. The summed E-state index contributed by atoms with van der Waals surface area (Å²) in [6, 6.07) is 0. The first-order valence-electron chi connectivity index (χ1n) is 2.18. The van der Waals surface area contributed by atoms with Crippen molar-refractivity contribution in [2.75, 3.05) is 0 Å². The van der Waals surface area contributed by atoms with Crippen molar-refractivity contribution >= 4 is 10.1 Å². The minimum Gasteiger partial charge on any atom is -0.744 e. The van der Waals surface area contributed by atoms with E-state index in [1.807, 2.05) is 0 Å².